The van der Waals surface area contributed by atoms with Gasteiger partial charge in [-0.25, -0.2) is 0 Å². The van der Waals surface area contributed by atoms with E-state index in [1.165, 1.54) is 12.8 Å². The Kier molecular flexibility index (Phi) is 9.47. The number of anilines is 1. The fourth-order valence-electron chi connectivity index (χ4n) is 4.50. The van der Waals surface area contributed by atoms with Crippen molar-refractivity contribution in [3.05, 3.63) is 94.3 Å². The van der Waals surface area contributed by atoms with Gasteiger partial charge in [0.1, 0.15) is 0 Å². The van der Waals surface area contributed by atoms with Crippen LogP contribution in [-0.2, 0) is 13.0 Å². The van der Waals surface area contributed by atoms with Crippen molar-refractivity contribution in [1.82, 2.24) is 15.6 Å². The van der Waals surface area contributed by atoms with E-state index in [9.17, 15) is 9.59 Å². The van der Waals surface area contributed by atoms with Crippen molar-refractivity contribution < 1.29 is 9.59 Å². The van der Waals surface area contributed by atoms with Gasteiger partial charge >= 0.3 is 0 Å². The Bertz CT molecular complexity index is 1170. The number of rotatable bonds is 5. The Labute approximate surface area is 218 Å². The molecule has 0 atom stereocenters. The zero-order valence-corrected chi connectivity index (χ0v) is 21.3. The van der Waals surface area contributed by atoms with Crippen LogP contribution in [0.4, 0.5) is 5.69 Å². The monoisotopic (exact) mass is 504 g/mol. The highest BCUT2D eigenvalue weighted by atomic mass is 35.5. The first-order chi connectivity index (χ1) is 17.6. The van der Waals surface area contributed by atoms with E-state index >= 15 is 0 Å². The Balaban J connectivity index is 1.55. The van der Waals surface area contributed by atoms with Crippen molar-refractivity contribution >= 4 is 29.1 Å². The summed E-state index contributed by atoms with van der Waals surface area (Å²) in [5.74, 6) is -0.185. The number of fused-ring (bicyclic) bond motifs is 1. The van der Waals surface area contributed by atoms with Gasteiger partial charge in [0.15, 0.2) is 0 Å². The number of nitrogens with zero attached hydrogens (tertiary/aromatic N) is 2. The van der Waals surface area contributed by atoms with Crippen molar-refractivity contribution in [2.75, 3.05) is 24.5 Å². The molecule has 6 nitrogen and oxygen atoms in total. The zero-order valence-electron chi connectivity index (χ0n) is 20.5. The molecule has 2 N–H and O–H groups in total. The molecule has 7 heteroatoms. The largest absolute Gasteiger partial charge is 0.352 e. The van der Waals surface area contributed by atoms with Crippen molar-refractivity contribution in [2.45, 2.75) is 45.1 Å². The summed E-state index contributed by atoms with van der Waals surface area (Å²) in [5.41, 5.74) is 3.98. The first-order valence-corrected chi connectivity index (χ1v) is 13.1. The van der Waals surface area contributed by atoms with Gasteiger partial charge in [-0.15, -0.1) is 0 Å². The summed E-state index contributed by atoms with van der Waals surface area (Å²) >= 11 is 6.24. The minimum atomic E-state index is -0.136. The molecule has 4 rings (SSSR count). The summed E-state index contributed by atoms with van der Waals surface area (Å²) in [4.78, 5) is 32.4. The molecular formula is C29H33ClN4O2. The van der Waals surface area contributed by atoms with Crippen LogP contribution in [0.25, 0.3) is 0 Å². The number of benzene rings is 2. The second-order valence-corrected chi connectivity index (χ2v) is 9.49. The summed E-state index contributed by atoms with van der Waals surface area (Å²) in [6.45, 7) is 2.63. The lowest BCUT2D eigenvalue weighted by Gasteiger charge is -2.27. The molecule has 2 amide bonds. The van der Waals surface area contributed by atoms with Crippen LogP contribution in [0.5, 0.6) is 0 Å². The predicted molar refractivity (Wildman–Crippen MR) is 145 cm³/mol. The fourth-order valence-corrected chi connectivity index (χ4v) is 4.73. The molecule has 2 heterocycles. The van der Waals surface area contributed by atoms with Crippen molar-refractivity contribution in [3.63, 3.8) is 0 Å². The molecule has 0 saturated heterocycles. The molecule has 0 saturated carbocycles. The zero-order chi connectivity index (χ0) is 25.2. The van der Waals surface area contributed by atoms with Gasteiger partial charge in [0, 0.05) is 53.9 Å². The number of hydrogen-bond donors (Lipinski definition) is 2. The second-order valence-electron chi connectivity index (χ2n) is 9.08. The molecule has 1 aliphatic rings. The number of halogens is 1. The Morgan fingerprint density at radius 3 is 2.56 bits per heavy atom. The van der Waals surface area contributed by atoms with E-state index in [1.807, 2.05) is 47.4 Å². The highest BCUT2D eigenvalue weighted by Crippen LogP contribution is 2.26. The van der Waals surface area contributed by atoms with Gasteiger partial charge in [-0.2, -0.15) is 0 Å². The van der Waals surface area contributed by atoms with Gasteiger partial charge in [0.05, 0.1) is 0 Å². The van der Waals surface area contributed by atoms with Gasteiger partial charge < -0.3 is 15.5 Å². The average molecular weight is 505 g/mol. The lowest BCUT2D eigenvalue weighted by Crippen LogP contribution is -2.34. The molecule has 0 unspecified atom stereocenters. The van der Waals surface area contributed by atoms with Crippen molar-refractivity contribution in [2.24, 2.45) is 0 Å². The third-order valence-corrected chi connectivity index (χ3v) is 6.86. The van der Waals surface area contributed by atoms with Crippen LogP contribution in [0.2, 0.25) is 5.02 Å². The Hall–Kier alpha value is -3.22. The van der Waals surface area contributed by atoms with Gasteiger partial charge in [0.25, 0.3) is 11.8 Å². The maximum atomic E-state index is 13.5. The summed E-state index contributed by atoms with van der Waals surface area (Å²) in [6.07, 6.45) is 9.42. The normalized spacial score (nSPS) is 14.8. The molecule has 0 bridgehead atoms. The third-order valence-electron chi connectivity index (χ3n) is 6.49. The number of nitrogens with one attached hydrogen (secondary N) is 2. The molecule has 0 spiro atoms. The first-order valence-electron chi connectivity index (χ1n) is 12.7. The van der Waals surface area contributed by atoms with Crippen LogP contribution in [-0.4, -0.2) is 36.4 Å². The maximum absolute atomic E-state index is 13.5. The quantitative estimate of drug-likeness (QED) is 0.487. The number of aromatic nitrogens is 1. The average Bonchev–Trinajstić information content (AvgIpc) is 2.90. The van der Waals surface area contributed by atoms with Crippen molar-refractivity contribution in [1.29, 1.82) is 0 Å². The predicted octanol–water partition coefficient (Wildman–Crippen LogP) is 5.41. The highest BCUT2D eigenvalue weighted by Gasteiger charge is 2.21. The van der Waals surface area contributed by atoms with Crippen LogP contribution in [0.3, 0.4) is 0 Å². The number of hydrogen-bond acceptors (Lipinski definition) is 4. The van der Waals surface area contributed by atoms with Gasteiger partial charge in [-0.05, 0) is 73.3 Å². The van der Waals surface area contributed by atoms with Gasteiger partial charge in [0.2, 0.25) is 0 Å². The number of carbonyl (C=O) groups excluding carboxylic acids is 2. The SMILES string of the molecule is O=C(NCCc1ccccc1Cl)c1ccc2c(c1)CNCCCCCCCN2C(=O)c1ccncc1. The Morgan fingerprint density at radius 1 is 0.944 bits per heavy atom. The van der Waals surface area contributed by atoms with Gasteiger partial charge in [-0.1, -0.05) is 49.1 Å². The molecule has 3 aromatic rings. The molecule has 188 valence electrons. The molecule has 0 aliphatic carbocycles. The molecule has 1 aliphatic heterocycles. The molecule has 0 fully saturated rings. The summed E-state index contributed by atoms with van der Waals surface area (Å²) in [5, 5.41) is 7.21. The Morgan fingerprint density at radius 2 is 1.72 bits per heavy atom. The molecule has 0 radical (unpaired) electrons. The van der Waals surface area contributed by atoms with E-state index in [4.69, 9.17) is 11.6 Å². The van der Waals surface area contributed by atoms with E-state index in [-0.39, 0.29) is 11.8 Å². The topological polar surface area (TPSA) is 74.3 Å². The number of amides is 2. The van der Waals surface area contributed by atoms with Crippen LogP contribution >= 0.6 is 11.6 Å². The second kappa shape index (κ2) is 13.2. The van der Waals surface area contributed by atoms with Crippen molar-refractivity contribution in [3.8, 4) is 0 Å². The lowest BCUT2D eigenvalue weighted by atomic mass is 10.0. The van der Waals surface area contributed by atoms with E-state index in [0.29, 0.717) is 42.2 Å². The van der Waals surface area contributed by atoms with E-state index in [2.05, 4.69) is 15.6 Å². The number of carbonyl (C=O) groups is 2. The first kappa shape index (κ1) is 25.9. The highest BCUT2D eigenvalue weighted by molar-refractivity contribution is 6.31. The molecule has 1 aromatic heterocycles. The lowest BCUT2D eigenvalue weighted by molar-refractivity contribution is 0.0953. The molecule has 36 heavy (non-hydrogen) atoms. The van der Waals surface area contributed by atoms with Crippen LogP contribution in [0.1, 0.15) is 63.9 Å². The van der Waals surface area contributed by atoms with Crippen LogP contribution < -0.4 is 15.5 Å². The summed E-state index contributed by atoms with van der Waals surface area (Å²) in [7, 11) is 0. The summed E-state index contributed by atoms with van der Waals surface area (Å²) in [6, 6.07) is 16.8. The number of pyridine rings is 1. The van der Waals surface area contributed by atoms with E-state index < -0.39 is 0 Å². The van der Waals surface area contributed by atoms with E-state index in [0.717, 1.165) is 42.6 Å². The minimum Gasteiger partial charge on any atom is -0.352 e. The molecule has 2 aromatic carbocycles. The van der Waals surface area contributed by atoms with E-state index in [1.54, 1.807) is 24.5 Å². The minimum absolute atomic E-state index is 0.0485. The molecular weight excluding hydrogens is 472 g/mol. The standard InChI is InChI=1S/C29H33ClN4O2/c30-26-9-5-4-8-22(26)14-18-33-28(35)24-10-11-27-25(20-24)21-32-15-6-2-1-3-7-19-34(27)29(36)23-12-16-31-17-13-23/h4-5,8-13,16-17,20,32H,1-3,6-7,14-15,18-19,21H2,(H,33,35). The van der Waals surface area contributed by atoms with Crippen LogP contribution in [0, 0.1) is 0 Å². The third kappa shape index (κ3) is 6.93. The maximum Gasteiger partial charge on any atom is 0.258 e. The van der Waals surface area contributed by atoms with Crippen LogP contribution in [0.15, 0.2) is 67.0 Å². The summed E-state index contributed by atoms with van der Waals surface area (Å²) < 4.78 is 0. The van der Waals surface area contributed by atoms with Gasteiger partial charge in [-0.3, -0.25) is 14.6 Å². The fraction of sp³-hybridized carbons (Fsp3) is 0.345. The smallest absolute Gasteiger partial charge is 0.258 e.